The van der Waals surface area contributed by atoms with Crippen molar-refractivity contribution >= 4 is 18.0 Å². The molecule has 5 aliphatic rings. The van der Waals surface area contributed by atoms with Crippen LogP contribution in [-0.4, -0.2) is 59.3 Å². The first kappa shape index (κ1) is 30.5. The van der Waals surface area contributed by atoms with Gasteiger partial charge >= 0.3 is 11.9 Å². The number of allylic oxidation sites excluding steroid dienone is 1. The van der Waals surface area contributed by atoms with Crippen molar-refractivity contribution in [3.8, 4) is 0 Å². The van der Waals surface area contributed by atoms with Crippen LogP contribution in [0, 0.1) is 33.5 Å². The summed E-state index contributed by atoms with van der Waals surface area (Å²) in [6.45, 7) is 10.2. The van der Waals surface area contributed by atoms with Gasteiger partial charge in [-0.25, -0.2) is 4.79 Å². The number of benzene rings is 1. The van der Waals surface area contributed by atoms with E-state index in [1.54, 1.807) is 18.6 Å². The molecule has 0 radical (unpaired) electrons. The van der Waals surface area contributed by atoms with Gasteiger partial charge in [0, 0.05) is 52.9 Å². The Morgan fingerprint density at radius 1 is 0.978 bits per heavy atom. The van der Waals surface area contributed by atoms with Crippen molar-refractivity contribution in [2.45, 2.75) is 90.3 Å². The molecule has 3 saturated carbocycles. The van der Waals surface area contributed by atoms with Crippen LogP contribution in [0.2, 0.25) is 0 Å². The number of fused-ring (bicyclic) bond motifs is 4. The van der Waals surface area contributed by atoms with E-state index in [4.69, 9.17) is 18.6 Å². The first-order valence-corrected chi connectivity index (χ1v) is 16.2. The van der Waals surface area contributed by atoms with Gasteiger partial charge in [0.1, 0.15) is 12.2 Å². The minimum atomic E-state index is -0.881. The third-order valence-electron chi connectivity index (χ3n) is 12.9. The van der Waals surface area contributed by atoms with Crippen molar-refractivity contribution in [3.63, 3.8) is 0 Å². The Bertz CT molecular complexity index is 1530. The van der Waals surface area contributed by atoms with Crippen LogP contribution in [0.3, 0.4) is 0 Å². The molecule has 1 aliphatic heterocycles. The number of aliphatic hydroxyl groups is 2. The second kappa shape index (κ2) is 10.4. The Kier molecular flexibility index (Phi) is 7.04. The summed E-state index contributed by atoms with van der Waals surface area (Å²) in [6.07, 6.45) is 6.85. The first-order valence-electron chi connectivity index (χ1n) is 16.2. The number of hydrogen-bond donors (Lipinski definition) is 2. The lowest BCUT2D eigenvalue weighted by Gasteiger charge is -2.69. The van der Waals surface area contributed by atoms with Crippen molar-refractivity contribution in [2.24, 2.45) is 33.5 Å². The molecule has 1 aromatic heterocycles. The first-order chi connectivity index (χ1) is 21.4. The molecule has 1 aromatic carbocycles. The fourth-order valence-electron chi connectivity index (χ4n) is 10.8. The highest BCUT2D eigenvalue weighted by atomic mass is 16.6. The van der Waals surface area contributed by atoms with Crippen molar-refractivity contribution in [1.29, 1.82) is 0 Å². The van der Waals surface area contributed by atoms with Gasteiger partial charge in [-0.1, -0.05) is 69.7 Å². The maximum Gasteiger partial charge on any atom is 0.331 e. The summed E-state index contributed by atoms with van der Waals surface area (Å²) in [5.41, 5.74) is 0.210. The largest absolute Gasteiger partial charge is 0.472 e. The van der Waals surface area contributed by atoms with E-state index in [2.05, 4.69) is 26.8 Å². The fourth-order valence-corrected chi connectivity index (χ4v) is 10.8. The molecule has 8 heteroatoms. The van der Waals surface area contributed by atoms with Crippen LogP contribution in [0.15, 0.2) is 71.1 Å². The smallest absolute Gasteiger partial charge is 0.331 e. The summed E-state index contributed by atoms with van der Waals surface area (Å²) in [5.74, 6) is -1.40. The van der Waals surface area contributed by atoms with Gasteiger partial charge in [-0.3, -0.25) is 4.79 Å². The zero-order valence-corrected chi connectivity index (χ0v) is 26.6. The summed E-state index contributed by atoms with van der Waals surface area (Å²) in [7, 11) is 0. The van der Waals surface area contributed by atoms with E-state index in [1.807, 2.05) is 43.3 Å². The average Bonchev–Trinajstić information content (AvgIpc) is 3.74. The van der Waals surface area contributed by atoms with Gasteiger partial charge in [0.2, 0.25) is 0 Å². The number of hydrogen-bond acceptors (Lipinski definition) is 8. The molecule has 0 amide bonds. The summed E-state index contributed by atoms with van der Waals surface area (Å²) >= 11 is 0. The minimum Gasteiger partial charge on any atom is -0.472 e. The summed E-state index contributed by atoms with van der Waals surface area (Å²) in [5, 5.41) is 24.0. The summed E-state index contributed by atoms with van der Waals surface area (Å²) in [4.78, 5) is 26.1. The van der Waals surface area contributed by atoms with Crippen LogP contribution in [-0.2, 0) is 23.8 Å². The zero-order chi connectivity index (χ0) is 31.9. The molecule has 12 atom stereocenters. The molecule has 1 saturated heterocycles. The van der Waals surface area contributed by atoms with Crippen LogP contribution in [0.5, 0.6) is 0 Å². The van der Waals surface area contributed by atoms with Gasteiger partial charge in [-0.05, 0) is 42.0 Å². The molecule has 7 rings (SSSR count). The van der Waals surface area contributed by atoms with E-state index in [9.17, 15) is 19.8 Å². The second-order valence-corrected chi connectivity index (χ2v) is 14.9. The minimum absolute atomic E-state index is 0.00852. The van der Waals surface area contributed by atoms with E-state index in [1.165, 1.54) is 13.0 Å². The Hall–Kier alpha value is -3.20. The van der Waals surface area contributed by atoms with Gasteiger partial charge in [0.25, 0.3) is 0 Å². The highest BCUT2D eigenvalue weighted by Crippen LogP contribution is 2.75. The topological polar surface area (TPSA) is 115 Å². The van der Waals surface area contributed by atoms with Crippen LogP contribution >= 0.6 is 0 Å². The number of rotatable bonds is 5. The molecular weight excluding hydrogens is 572 g/mol. The molecular formula is C37H44O8. The van der Waals surface area contributed by atoms with Crippen LogP contribution < -0.4 is 0 Å². The van der Waals surface area contributed by atoms with E-state index in [0.29, 0.717) is 19.4 Å². The molecule has 4 fully saturated rings. The van der Waals surface area contributed by atoms with Crippen molar-refractivity contribution in [3.05, 3.63) is 77.8 Å². The van der Waals surface area contributed by atoms with E-state index in [-0.39, 0.29) is 30.1 Å². The van der Waals surface area contributed by atoms with Gasteiger partial charge in [-0.15, -0.1) is 0 Å². The van der Waals surface area contributed by atoms with Gasteiger partial charge in [0.15, 0.2) is 0 Å². The van der Waals surface area contributed by atoms with Crippen molar-refractivity contribution in [1.82, 2.24) is 0 Å². The molecule has 2 aromatic rings. The second-order valence-electron chi connectivity index (χ2n) is 14.9. The number of esters is 2. The lowest BCUT2D eigenvalue weighted by atomic mass is 9.36. The molecule has 2 N–H and O–H groups in total. The lowest BCUT2D eigenvalue weighted by molar-refractivity contribution is -0.268. The van der Waals surface area contributed by atoms with Gasteiger partial charge in [-0.2, -0.15) is 0 Å². The molecule has 0 spiro atoms. The van der Waals surface area contributed by atoms with E-state index < -0.39 is 58.1 Å². The zero-order valence-electron chi connectivity index (χ0n) is 26.6. The molecule has 2 heterocycles. The Morgan fingerprint density at radius 3 is 2.42 bits per heavy atom. The normalized spacial score (nSPS) is 44.9. The number of ether oxygens (including phenoxy) is 3. The maximum absolute atomic E-state index is 13.4. The van der Waals surface area contributed by atoms with Gasteiger partial charge < -0.3 is 28.8 Å². The van der Waals surface area contributed by atoms with E-state index in [0.717, 1.165) is 16.7 Å². The molecule has 45 heavy (non-hydrogen) atoms. The van der Waals surface area contributed by atoms with Crippen LogP contribution in [0.4, 0.5) is 0 Å². The third-order valence-corrected chi connectivity index (χ3v) is 12.9. The summed E-state index contributed by atoms with van der Waals surface area (Å²) in [6, 6.07) is 11.5. The molecule has 240 valence electrons. The monoisotopic (exact) mass is 616 g/mol. The number of aliphatic hydroxyl groups excluding tert-OH is 2. The SMILES string of the molecule is CC(=O)OC1CC2C(C)(C3=CCC(c4ccoc4)C31C)C(O)C1OCC3(C)C(O)CC(OC(=O)C=Cc4ccccc4)C2(C)C13. The Morgan fingerprint density at radius 2 is 1.73 bits per heavy atom. The fraction of sp³-hybridized carbons (Fsp3) is 0.568. The highest BCUT2D eigenvalue weighted by Gasteiger charge is 2.78. The number of carbonyl (C=O) groups excluding carboxylic acids is 2. The molecule has 8 nitrogen and oxygen atoms in total. The predicted octanol–water partition coefficient (Wildman–Crippen LogP) is 5.45. The van der Waals surface area contributed by atoms with Gasteiger partial charge in [0.05, 0.1) is 37.4 Å². The Labute approximate surface area is 264 Å². The van der Waals surface area contributed by atoms with Crippen molar-refractivity contribution in [2.75, 3.05) is 6.61 Å². The quantitative estimate of drug-likeness (QED) is 0.259. The predicted molar refractivity (Wildman–Crippen MR) is 165 cm³/mol. The molecule has 0 bridgehead atoms. The molecule has 4 aliphatic carbocycles. The van der Waals surface area contributed by atoms with E-state index >= 15 is 0 Å². The lowest BCUT2D eigenvalue weighted by Crippen LogP contribution is -2.74. The molecule has 12 unspecified atom stereocenters. The number of furan rings is 1. The van der Waals surface area contributed by atoms with Crippen LogP contribution in [0.1, 0.15) is 70.9 Å². The average molecular weight is 617 g/mol. The Balaban J connectivity index is 1.33. The van der Waals surface area contributed by atoms with Crippen LogP contribution in [0.25, 0.3) is 6.08 Å². The summed E-state index contributed by atoms with van der Waals surface area (Å²) < 4.78 is 24.5. The third kappa shape index (κ3) is 4.14. The number of carbonyl (C=O) groups is 2. The highest BCUT2D eigenvalue weighted by molar-refractivity contribution is 5.87. The maximum atomic E-state index is 13.4. The van der Waals surface area contributed by atoms with Crippen molar-refractivity contribution < 1.29 is 38.4 Å². The standard InChI is InChI=1S/C37H44O8/c1-21(38)44-28-17-26-36(4,25-13-12-24(35(25,28)3)23-15-16-42-19-23)33(41)31-32-34(2,20-43-31)27(39)18-29(37(26,32)5)45-30(40)14-11-22-9-7-6-8-10-22/h6-11,13-16,19,24,26-29,31-33,39,41H,12,17-18,20H2,1-5H3.